The Kier molecular flexibility index (Phi) is 7.50. The van der Waals surface area contributed by atoms with Crippen molar-refractivity contribution < 1.29 is 14.3 Å². The van der Waals surface area contributed by atoms with Crippen LogP contribution in [0.3, 0.4) is 0 Å². The number of hydrogen-bond acceptors (Lipinski definition) is 6. The SMILES string of the molecule is CC1=NN(c2ccc(C(=O)C(C#N)C(=O)NCCCOC(C)C)cc2)CC1. The minimum atomic E-state index is -1.35. The highest BCUT2D eigenvalue weighted by atomic mass is 16.5. The van der Waals surface area contributed by atoms with Gasteiger partial charge in [0.05, 0.1) is 17.9 Å². The molecule has 0 fully saturated rings. The lowest BCUT2D eigenvalue weighted by Crippen LogP contribution is -2.35. The summed E-state index contributed by atoms with van der Waals surface area (Å²) in [7, 11) is 0. The lowest BCUT2D eigenvalue weighted by atomic mass is 9.98. The van der Waals surface area contributed by atoms with Gasteiger partial charge in [0.25, 0.3) is 0 Å². The van der Waals surface area contributed by atoms with Gasteiger partial charge in [0.1, 0.15) is 0 Å². The van der Waals surface area contributed by atoms with Crippen LogP contribution in [0.15, 0.2) is 29.4 Å². The highest BCUT2D eigenvalue weighted by Gasteiger charge is 2.27. The Labute approximate surface area is 160 Å². The van der Waals surface area contributed by atoms with Gasteiger partial charge >= 0.3 is 0 Å². The first-order valence-electron chi connectivity index (χ1n) is 9.17. The molecular weight excluding hydrogens is 344 g/mol. The molecule has 0 aromatic heterocycles. The first-order valence-corrected chi connectivity index (χ1v) is 9.17. The molecule has 0 aliphatic carbocycles. The molecule has 2 rings (SSSR count). The molecule has 1 aromatic rings. The fourth-order valence-electron chi connectivity index (χ4n) is 2.67. The van der Waals surface area contributed by atoms with Crippen molar-refractivity contribution >= 4 is 23.1 Å². The standard InChI is InChI=1S/C20H26N4O3/c1-14(2)27-12-4-10-22-20(26)18(13-21)19(25)16-5-7-17(8-6-16)24-11-9-15(3)23-24/h5-8,14,18H,4,9-12H2,1-3H3,(H,22,26). The maximum absolute atomic E-state index is 12.5. The van der Waals surface area contributed by atoms with E-state index in [1.165, 1.54) is 0 Å². The fourth-order valence-corrected chi connectivity index (χ4v) is 2.67. The zero-order valence-corrected chi connectivity index (χ0v) is 16.1. The van der Waals surface area contributed by atoms with E-state index >= 15 is 0 Å². The number of anilines is 1. The first-order chi connectivity index (χ1) is 12.9. The molecule has 1 aliphatic heterocycles. The van der Waals surface area contributed by atoms with Crippen molar-refractivity contribution in [3.05, 3.63) is 29.8 Å². The van der Waals surface area contributed by atoms with Crippen LogP contribution in [0.4, 0.5) is 5.69 Å². The van der Waals surface area contributed by atoms with Gasteiger partial charge in [0, 0.05) is 37.4 Å². The summed E-state index contributed by atoms with van der Waals surface area (Å²) in [5.74, 6) is -2.43. The van der Waals surface area contributed by atoms with E-state index in [2.05, 4.69) is 10.4 Å². The van der Waals surface area contributed by atoms with Gasteiger partial charge in [-0.1, -0.05) is 0 Å². The molecule has 0 saturated carbocycles. The number of nitriles is 1. The smallest absolute Gasteiger partial charge is 0.245 e. The number of amides is 1. The Morgan fingerprint density at radius 3 is 2.59 bits per heavy atom. The Morgan fingerprint density at radius 1 is 1.33 bits per heavy atom. The number of ketones is 1. The van der Waals surface area contributed by atoms with Crippen molar-refractivity contribution in [3.63, 3.8) is 0 Å². The molecular formula is C20H26N4O3. The van der Waals surface area contributed by atoms with Crippen LogP contribution in [0.2, 0.25) is 0 Å². The van der Waals surface area contributed by atoms with E-state index in [9.17, 15) is 14.9 Å². The molecule has 144 valence electrons. The van der Waals surface area contributed by atoms with Crippen LogP contribution in [0.25, 0.3) is 0 Å². The van der Waals surface area contributed by atoms with Crippen LogP contribution >= 0.6 is 0 Å². The molecule has 1 heterocycles. The van der Waals surface area contributed by atoms with Gasteiger partial charge in [0.2, 0.25) is 5.91 Å². The van der Waals surface area contributed by atoms with Crippen molar-refractivity contribution in [2.24, 2.45) is 11.0 Å². The molecule has 27 heavy (non-hydrogen) atoms. The number of nitrogens with one attached hydrogen (secondary N) is 1. The molecule has 1 aromatic carbocycles. The largest absolute Gasteiger partial charge is 0.379 e. The molecule has 0 radical (unpaired) electrons. The van der Waals surface area contributed by atoms with Crippen molar-refractivity contribution in [2.75, 3.05) is 24.7 Å². The van der Waals surface area contributed by atoms with Gasteiger partial charge in [0.15, 0.2) is 11.7 Å². The van der Waals surface area contributed by atoms with Crippen molar-refractivity contribution in [1.29, 1.82) is 5.26 Å². The summed E-state index contributed by atoms with van der Waals surface area (Å²) in [6.07, 6.45) is 1.67. The molecule has 1 aliphatic rings. The van der Waals surface area contributed by atoms with Crippen LogP contribution < -0.4 is 10.3 Å². The van der Waals surface area contributed by atoms with Crippen LogP contribution in [0.1, 0.15) is 44.0 Å². The second-order valence-corrected chi connectivity index (χ2v) is 6.75. The van der Waals surface area contributed by atoms with E-state index in [1.807, 2.05) is 31.8 Å². The molecule has 7 nitrogen and oxygen atoms in total. The highest BCUT2D eigenvalue weighted by Crippen LogP contribution is 2.21. The van der Waals surface area contributed by atoms with Crippen LogP contribution in [-0.4, -0.2) is 43.2 Å². The van der Waals surface area contributed by atoms with E-state index in [1.54, 1.807) is 24.3 Å². The summed E-state index contributed by atoms with van der Waals surface area (Å²) in [4.78, 5) is 24.7. The Balaban J connectivity index is 1.91. The van der Waals surface area contributed by atoms with E-state index in [0.717, 1.165) is 24.4 Å². The summed E-state index contributed by atoms with van der Waals surface area (Å²) in [5, 5.41) is 18.2. The number of hydrazone groups is 1. The summed E-state index contributed by atoms with van der Waals surface area (Å²) in [5.41, 5.74) is 2.28. The number of benzene rings is 1. The fraction of sp³-hybridized carbons (Fsp3) is 0.500. The Bertz CT molecular complexity index is 735. The highest BCUT2D eigenvalue weighted by molar-refractivity contribution is 6.12. The molecule has 0 bridgehead atoms. The number of Topliss-reactive ketones (excluding diaryl/α,β-unsaturated/α-hetero) is 1. The number of hydrogen-bond donors (Lipinski definition) is 1. The van der Waals surface area contributed by atoms with Crippen molar-refractivity contribution in [2.45, 2.75) is 39.7 Å². The molecule has 0 saturated heterocycles. The third kappa shape index (κ3) is 5.90. The molecule has 1 amide bonds. The first kappa shape index (κ1) is 20.6. The third-order valence-corrected chi connectivity index (χ3v) is 4.15. The van der Waals surface area contributed by atoms with Gasteiger partial charge in [-0.05, 0) is 51.5 Å². The van der Waals surface area contributed by atoms with Crippen molar-refractivity contribution in [3.8, 4) is 6.07 Å². The molecule has 1 N–H and O–H groups in total. The van der Waals surface area contributed by atoms with E-state index in [4.69, 9.17) is 4.74 Å². The molecule has 0 spiro atoms. The zero-order valence-electron chi connectivity index (χ0n) is 16.1. The predicted octanol–water partition coefficient (Wildman–Crippen LogP) is 2.53. The van der Waals surface area contributed by atoms with E-state index < -0.39 is 17.6 Å². The average molecular weight is 370 g/mol. The summed E-state index contributed by atoms with van der Waals surface area (Å²) < 4.78 is 5.39. The number of carbonyl (C=O) groups is 2. The third-order valence-electron chi connectivity index (χ3n) is 4.15. The lowest BCUT2D eigenvalue weighted by molar-refractivity contribution is -0.122. The van der Waals surface area contributed by atoms with Gasteiger partial charge < -0.3 is 10.1 Å². The quantitative estimate of drug-likeness (QED) is 0.409. The lowest BCUT2D eigenvalue weighted by Gasteiger charge is -2.14. The number of carbonyl (C=O) groups excluding carboxylic acids is 2. The topological polar surface area (TPSA) is 94.8 Å². The van der Waals surface area contributed by atoms with Crippen molar-refractivity contribution in [1.82, 2.24) is 5.32 Å². The maximum atomic E-state index is 12.5. The monoisotopic (exact) mass is 370 g/mol. The summed E-state index contributed by atoms with van der Waals surface area (Å²) in [6, 6.07) is 8.64. The summed E-state index contributed by atoms with van der Waals surface area (Å²) >= 11 is 0. The Morgan fingerprint density at radius 2 is 2.04 bits per heavy atom. The normalized spacial score (nSPS) is 14.6. The van der Waals surface area contributed by atoms with Crippen LogP contribution in [0, 0.1) is 17.2 Å². The molecule has 7 heteroatoms. The molecule has 1 atom stereocenters. The number of ether oxygens (including phenoxy) is 1. The van der Waals surface area contributed by atoms with E-state index in [-0.39, 0.29) is 6.10 Å². The zero-order chi connectivity index (χ0) is 19.8. The number of nitrogens with zero attached hydrogens (tertiary/aromatic N) is 3. The minimum Gasteiger partial charge on any atom is -0.379 e. The molecule has 1 unspecified atom stereocenters. The van der Waals surface area contributed by atoms with E-state index in [0.29, 0.717) is 25.1 Å². The predicted molar refractivity (Wildman–Crippen MR) is 104 cm³/mol. The van der Waals surface area contributed by atoms with Gasteiger partial charge in [-0.3, -0.25) is 14.6 Å². The second kappa shape index (κ2) is 9.83. The van der Waals surface area contributed by atoms with Crippen LogP contribution in [-0.2, 0) is 9.53 Å². The maximum Gasteiger partial charge on any atom is 0.245 e. The number of rotatable bonds is 9. The van der Waals surface area contributed by atoms with Gasteiger partial charge in [-0.25, -0.2) is 0 Å². The second-order valence-electron chi connectivity index (χ2n) is 6.75. The summed E-state index contributed by atoms with van der Waals surface area (Å²) in [6.45, 7) is 7.54. The van der Waals surface area contributed by atoms with Crippen LogP contribution in [0.5, 0.6) is 0 Å². The minimum absolute atomic E-state index is 0.132. The Hall–Kier alpha value is -2.72. The van der Waals surface area contributed by atoms with Gasteiger partial charge in [-0.2, -0.15) is 10.4 Å². The van der Waals surface area contributed by atoms with Gasteiger partial charge in [-0.15, -0.1) is 0 Å². The average Bonchev–Trinajstić information content (AvgIpc) is 3.08.